The summed E-state index contributed by atoms with van der Waals surface area (Å²) in [6, 6.07) is 15.6. The Balaban J connectivity index is 2.01. The molecule has 5 rings (SSSR count). The molecule has 0 amide bonds. The Hall–Kier alpha value is -2.34. The van der Waals surface area contributed by atoms with Gasteiger partial charge in [-0.05, 0) is 39.8 Å². The third-order valence-electron chi connectivity index (χ3n) is 4.97. The van der Waals surface area contributed by atoms with Crippen LogP contribution in [0.1, 0.15) is 23.1 Å². The molecule has 2 aromatic carbocycles. The molecule has 3 aliphatic carbocycles. The first-order valence-corrected chi connectivity index (χ1v) is 7.20. The van der Waals surface area contributed by atoms with E-state index < -0.39 is 0 Å². The van der Waals surface area contributed by atoms with Gasteiger partial charge in [-0.2, -0.15) is 0 Å². The highest BCUT2D eigenvalue weighted by Gasteiger charge is 2.47. The van der Waals surface area contributed by atoms with Crippen LogP contribution in [-0.4, -0.2) is 0 Å². The average molecular weight is 254 g/mol. The first kappa shape index (κ1) is 10.4. The summed E-state index contributed by atoms with van der Waals surface area (Å²) in [5.74, 6) is 0. The third-order valence-corrected chi connectivity index (χ3v) is 4.97. The molecule has 0 saturated heterocycles. The zero-order valence-electron chi connectivity index (χ0n) is 11.1. The van der Waals surface area contributed by atoms with E-state index in [-0.39, 0.29) is 5.41 Å². The summed E-state index contributed by atoms with van der Waals surface area (Å²) in [5.41, 5.74) is 8.70. The number of benzene rings is 2. The fraction of sp³-hybridized carbons (Fsp3) is 0.100. The molecule has 94 valence electrons. The molecule has 0 saturated carbocycles. The lowest BCUT2D eigenvalue weighted by Gasteiger charge is -2.37. The van der Waals surface area contributed by atoms with Crippen LogP contribution in [0, 0.1) is 0 Å². The molecule has 0 aliphatic heterocycles. The SMILES string of the molecule is C1=CCC23C(=C1)C=Cc1cccc(c12)-c1ccccc13. The molecule has 1 unspecified atom stereocenters. The van der Waals surface area contributed by atoms with Gasteiger partial charge in [-0.15, -0.1) is 0 Å². The lowest BCUT2D eigenvalue weighted by atomic mass is 9.64. The fourth-order valence-corrected chi connectivity index (χ4v) is 4.20. The van der Waals surface area contributed by atoms with Gasteiger partial charge in [-0.1, -0.05) is 72.8 Å². The topological polar surface area (TPSA) is 0 Å². The summed E-state index contributed by atoms with van der Waals surface area (Å²) >= 11 is 0. The number of allylic oxidation sites excluding steroid dienone is 5. The molecule has 20 heavy (non-hydrogen) atoms. The molecule has 0 heteroatoms. The second kappa shape index (κ2) is 3.40. The zero-order valence-corrected chi connectivity index (χ0v) is 11.1. The number of hydrogen-bond donors (Lipinski definition) is 0. The Morgan fingerprint density at radius 2 is 1.75 bits per heavy atom. The van der Waals surface area contributed by atoms with E-state index in [0.29, 0.717) is 0 Å². The smallest absolute Gasteiger partial charge is 0.0503 e. The van der Waals surface area contributed by atoms with E-state index in [2.05, 4.69) is 72.8 Å². The first-order valence-electron chi connectivity index (χ1n) is 7.20. The van der Waals surface area contributed by atoms with Crippen LogP contribution in [-0.2, 0) is 5.41 Å². The normalized spacial score (nSPS) is 23.9. The second-order valence-corrected chi connectivity index (χ2v) is 5.81. The van der Waals surface area contributed by atoms with Gasteiger partial charge in [0.25, 0.3) is 0 Å². The molecule has 0 fully saturated rings. The monoisotopic (exact) mass is 254 g/mol. The molecule has 0 bridgehead atoms. The summed E-state index contributed by atoms with van der Waals surface area (Å²) in [4.78, 5) is 0. The largest absolute Gasteiger partial charge is 0.0830 e. The summed E-state index contributed by atoms with van der Waals surface area (Å²) in [6.45, 7) is 0. The summed E-state index contributed by atoms with van der Waals surface area (Å²) < 4.78 is 0. The molecule has 1 atom stereocenters. The molecule has 0 radical (unpaired) electrons. The van der Waals surface area contributed by atoms with Crippen molar-refractivity contribution in [1.29, 1.82) is 0 Å². The maximum atomic E-state index is 2.31. The number of hydrogen-bond acceptors (Lipinski definition) is 0. The minimum Gasteiger partial charge on any atom is -0.0830 e. The minimum absolute atomic E-state index is 0.0615. The van der Waals surface area contributed by atoms with Gasteiger partial charge < -0.3 is 0 Å². The molecular weight excluding hydrogens is 240 g/mol. The van der Waals surface area contributed by atoms with E-state index in [9.17, 15) is 0 Å². The van der Waals surface area contributed by atoms with Gasteiger partial charge in [0.15, 0.2) is 0 Å². The van der Waals surface area contributed by atoms with Gasteiger partial charge in [0, 0.05) is 0 Å². The van der Waals surface area contributed by atoms with Crippen molar-refractivity contribution in [3.8, 4) is 11.1 Å². The number of rotatable bonds is 0. The first-order chi connectivity index (χ1) is 9.91. The quantitative estimate of drug-likeness (QED) is 0.629. The van der Waals surface area contributed by atoms with Gasteiger partial charge in [0.1, 0.15) is 0 Å². The molecule has 0 heterocycles. The summed E-state index contributed by atoms with van der Waals surface area (Å²) in [6.07, 6.45) is 12.4. The van der Waals surface area contributed by atoms with Gasteiger partial charge >= 0.3 is 0 Å². The Bertz CT molecular complexity index is 833. The maximum absolute atomic E-state index is 2.31. The van der Waals surface area contributed by atoms with Crippen molar-refractivity contribution in [2.24, 2.45) is 0 Å². The van der Waals surface area contributed by atoms with E-state index in [4.69, 9.17) is 0 Å². The zero-order chi connectivity index (χ0) is 13.2. The lowest BCUT2D eigenvalue weighted by molar-refractivity contribution is 0.632. The van der Waals surface area contributed by atoms with Crippen LogP contribution in [0.3, 0.4) is 0 Å². The number of fused-ring (bicyclic) bond motifs is 2. The van der Waals surface area contributed by atoms with E-state index in [0.717, 1.165) is 6.42 Å². The summed E-state index contributed by atoms with van der Waals surface area (Å²) in [5, 5.41) is 0. The highest BCUT2D eigenvalue weighted by molar-refractivity contribution is 5.90. The highest BCUT2D eigenvalue weighted by atomic mass is 14.5. The molecule has 2 aromatic rings. The van der Waals surface area contributed by atoms with Crippen molar-refractivity contribution in [2.75, 3.05) is 0 Å². The Kier molecular flexibility index (Phi) is 1.78. The fourth-order valence-electron chi connectivity index (χ4n) is 4.20. The van der Waals surface area contributed by atoms with Crippen LogP contribution in [0.4, 0.5) is 0 Å². The average Bonchev–Trinajstić information content (AvgIpc) is 2.81. The van der Waals surface area contributed by atoms with Crippen molar-refractivity contribution < 1.29 is 0 Å². The molecular formula is C20H14. The predicted molar refractivity (Wildman–Crippen MR) is 83.5 cm³/mol. The van der Waals surface area contributed by atoms with E-state index in [1.165, 1.54) is 33.4 Å². The summed E-state index contributed by atoms with van der Waals surface area (Å²) in [7, 11) is 0. The van der Waals surface area contributed by atoms with E-state index >= 15 is 0 Å². The molecule has 3 aliphatic rings. The standard InChI is InChI=1S/C20H14/c1-2-10-18-16(8-1)17-9-5-6-14-11-12-15-7-3-4-13-20(15,18)19(14)17/h1-12H,13H2. The van der Waals surface area contributed by atoms with Gasteiger partial charge in [0.05, 0.1) is 5.41 Å². The van der Waals surface area contributed by atoms with E-state index in [1.807, 2.05) is 0 Å². The Labute approximate surface area is 118 Å². The molecule has 1 spiro atoms. The van der Waals surface area contributed by atoms with Crippen LogP contribution in [0.15, 0.2) is 72.3 Å². The second-order valence-electron chi connectivity index (χ2n) is 5.81. The van der Waals surface area contributed by atoms with Gasteiger partial charge in [-0.3, -0.25) is 0 Å². The molecule has 0 nitrogen and oxygen atoms in total. The lowest BCUT2D eigenvalue weighted by Crippen LogP contribution is -2.30. The van der Waals surface area contributed by atoms with Crippen molar-refractivity contribution in [1.82, 2.24) is 0 Å². The maximum Gasteiger partial charge on any atom is 0.0503 e. The van der Waals surface area contributed by atoms with Crippen LogP contribution in [0.25, 0.3) is 17.2 Å². The Morgan fingerprint density at radius 3 is 2.75 bits per heavy atom. The van der Waals surface area contributed by atoms with Crippen LogP contribution < -0.4 is 0 Å². The minimum atomic E-state index is 0.0615. The van der Waals surface area contributed by atoms with Gasteiger partial charge in [-0.25, -0.2) is 0 Å². The van der Waals surface area contributed by atoms with Crippen molar-refractivity contribution in [2.45, 2.75) is 11.8 Å². The Morgan fingerprint density at radius 1 is 0.850 bits per heavy atom. The van der Waals surface area contributed by atoms with E-state index in [1.54, 1.807) is 0 Å². The van der Waals surface area contributed by atoms with Crippen molar-refractivity contribution in [3.63, 3.8) is 0 Å². The van der Waals surface area contributed by atoms with Gasteiger partial charge in [0.2, 0.25) is 0 Å². The molecule has 0 N–H and O–H groups in total. The van der Waals surface area contributed by atoms with Crippen LogP contribution in [0.2, 0.25) is 0 Å². The third kappa shape index (κ3) is 1.01. The van der Waals surface area contributed by atoms with Crippen LogP contribution in [0.5, 0.6) is 0 Å². The van der Waals surface area contributed by atoms with Crippen LogP contribution >= 0.6 is 0 Å². The predicted octanol–water partition coefficient (Wildman–Crippen LogP) is 4.87. The molecule has 0 aromatic heterocycles. The van der Waals surface area contributed by atoms with Crippen molar-refractivity contribution >= 4 is 6.08 Å². The van der Waals surface area contributed by atoms with Crippen molar-refractivity contribution in [3.05, 3.63) is 89.0 Å². The highest BCUT2D eigenvalue weighted by Crippen LogP contribution is 2.58.